The molecule has 0 aliphatic carbocycles. The van der Waals surface area contributed by atoms with E-state index in [4.69, 9.17) is 0 Å². The molecule has 2 rings (SSSR count). The number of carbonyl (C=O) groups excluding carboxylic acids is 1. The van der Waals surface area contributed by atoms with Crippen LogP contribution in [0.2, 0.25) is 0 Å². The zero-order valence-corrected chi connectivity index (χ0v) is 10.3. The Hall–Kier alpha value is -1.77. The second-order valence-electron chi connectivity index (χ2n) is 4.36. The van der Waals surface area contributed by atoms with Gasteiger partial charge in [-0.1, -0.05) is 43.7 Å². The van der Waals surface area contributed by atoms with E-state index >= 15 is 0 Å². The van der Waals surface area contributed by atoms with Crippen molar-refractivity contribution in [3.63, 3.8) is 0 Å². The van der Waals surface area contributed by atoms with Crippen LogP contribution in [0.4, 0.5) is 4.79 Å². The van der Waals surface area contributed by atoms with Gasteiger partial charge in [-0.05, 0) is 17.6 Å². The Morgan fingerprint density at radius 1 is 1.29 bits per heavy atom. The molecular weight excluding hydrogens is 212 g/mol. The minimum Gasteiger partial charge on any atom is -0.327 e. The third-order valence-corrected chi connectivity index (χ3v) is 2.99. The summed E-state index contributed by atoms with van der Waals surface area (Å²) in [6.07, 6.45) is 4.04. The number of rotatable bonds is 3. The minimum atomic E-state index is -0.0429. The lowest BCUT2D eigenvalue weighted by atomic mass is 9.95. The highest BCUT2D eigenvalue weighted by atomic mass is 16.2. The van der Waals surface area contributed by atoms with Gasteiger partial charge in [-0.25, -0.2) is 4.79 Å². The highest BCUT2D eigenvalue weighted by Crippen LogP contribution is 2.28. The molecule has 1 heterocycles. The van der Waals surface area contributed by atoms with Crippen molar-refractivity contribution in [2.75, 3.05) is 7.05 Å². The molecule has 1 aliphatic rings. The van der Waals surface area contributed by atoms with Gasteiger partial charge < -0.3 is 10.2 Å². The van der Waals surface area contributed by atoms with Gasteiger partial charge in [-0.2, -0.15) is 0 Å². The summed E-state index contributed by atoms with van der Waals surface area (Å²) < 4.78 is 0. The van der Waals surface area contributed by atoms with E-state index in [9.17, 15) is 4.79 Å². The molecule has 1 unspecified atom stereocenters. The van der Waals surface area contributed by atoms with Gasteiger partial charge in [0.25, 0.3) is 0 Å². The third kappa shape index (κ3) is 2.49. The molecule has 90 valence electrons. The van der Waals surface area contributed by atoms with Crippen LogP contribution in [0.25, 0.3) is 0 Å². The Morgan fingerprint density at radius 3 is 2.65 bits per heavy atom. The van der Waals surface area contributed by atoms with E-state index in [2.05, 4.69) is 24.4 Å². The van der Waals surface area contributed by atoms with Crippen molar-refractivity contribution < 1.29 is 4.79 Å². The van der Waals surface area contributed by atoms with E-state index in [1.54, 1.807) is 11.9 Å². The summed E-state index contributed by atoms with van der Waals surface area (Å²) in [5, 5.41) is 3.04. The lowest BCUT2D eigenvalue weighted by Gasteiger charge is -2.30. The van der Waals surface area contributed by atoms with Crippen molar-refractivity contribution in [3.05, 3.63) is 47.7 Å². The molecule has 1 atom stereocenters. The van der Waals surface area contributed by atoms with Crippen LogP contribution in [-0.4, -0.2) is 18.0 Å². The van der Waals surface area contributed by atoms with Gasteiger partial charge >= 0.3 is 6.03 Å². The van der Waals surface area contributed by atoms with Crippen molar-refractivity contribution in [2.45, 2.75) is 25.8 Å². The first-order chi connectivity index (χ1) is 8.22. The fourth-order valence-electron chi connectivity index (χ4n) is 2.14. The summed E-state index contributed by atoms with van der Waals surface area (Å²) in [6.45, 7) is 2.15. The highest BCUT2D eigenvalue weighted by molar-refractivity contribution is 5.77. The lowest BCUT2D eigenvalue weighted by Crippen LogP contribution is -2.41. The van der Waals surface area contributed by atoms with Crippen LogP contribution in [0, 0.1) is 0 Å². The van der Waals surface area contributed by atoms with Crippen molar-refractivity contribution in [1.82, 2.24) is 10.2 Å². The molecular formula is C14H18N2O. The largest absolute Gasteiger partial charge is 0.327 e. The molecule has 3 heteroatoms. The van der Waals surface area contributed by atoms with Crippen molar-refractivity contribution in [2.24, 2.45) is 0 Å². The number of urea groups is 1. The Labute approximate surface area is 102 Å². The zero-order valence-electron chi connectivity index (χ0n) is 10.3. The highest BCUT2D eigenvalue weighted by Gasteiger charge is 2.24. The average molecular weight is 230 g/mol. The number of carbonyl (C=O) groups is 1. The fourth-order valence-corrected chi connectivity index (χ4v) is 2.14. The summed E-state index contributed by atoms with van der Waals surface area (Å²) in [7, 11) is 1.78. The predicted molar refractivity (Wildman–Crippen MR) is 68.5 cm³/mol. The van der Waals surface area contributed by atoms with E-state index in [1.165, 1.54) is 5.57 Å². The van der Waals surface area contributed by atoms with Crippen LogP contribution in [0.5, 0.6) is 0 Å². The molecule has 1 aromatic carbocycles. The maximum Gasteiger partial charge on any atom is 0.321 e. The van der Waals surface area contributed by atoms with Crippen LogP contribution < -0.4 is 5.32 Å². The molecule has 0 fully saturated rings. The van der Waals surface area contributed by atoms with Gasteiger partial charge in [0.15, 0.2) is 0 Å². The summed E-state index contributed by atoms with van der Waals surface area (Å²) in [5.41, 5.74) is 2.41. The summed E-state index contributed by atoms with van der Waals surface area (Å²) >= 11 is 0. The van der Waals surface area contributed by atoms with Crippen molar-refractivity contribution in [1.29, 1.82) is 0 Å². The van der Waals surface area contributed by atoms with Crippen molar-refractivity contribution in [3.8, 4) is 0 Å². The zero-order chi connectivity index (χ0) is 12.3. The van der Waals surface area contributed by atoms with E-state index < -0.39 is 0 Å². The normalized spacial score (nSPS) is 19.9. The maximum absolute atomic E-state index is 11.7. The fraction of sp³-hybridized carbons (Fsp3) is 0.357. The molecule has 0 saturated heterocycles. The van der Waals surface area contributed by atoms with Gasteiger partial charge in [0.1, 0.15) is 0 Å². The van der Waals surface area contributed by atoms with Gasteiger partial charge in [0, 0.05) is 13.2 Å². The average Bonchev–Trinajstić information content (AvgIpc) is 2.35. The summed E-state index contributed by atoms with van der Waals surface area (Å²) in [4.78, 5) is 13.3. The molecule has 2 amide bonds. The molecule has 0 spiro atoms. The lowest BCUT2D eigenvalue weighted by molar-refractivity contribution is 0.215. The monoisotopic (exact) mass is 230 g/mol. The first-order valence-electron chi connectivity index (χ1n) is 6.01. The number of benzene rings is 1. The Balaban J connectivity index is 2.31. The van der Waals surface area contributed by atoms with Crippen molar-refractivity contribution >= 4 is 6.03 Å². The van der Waals surface area contributed by atoms with Crippen LogP contribution in [0.15, 0.2) is 42.1 Å². The summed E-state index contributed by atoms with van der Waals surface area (Å²) in [5.74, 6) is 0. The van der Waals surface area contributed by atoms with Crippen LogP contribution in [0.3, 0.4) is 0 Å². The van der Waals surface area contributed by atoms with Gasteiger partial charge in [-0.3, -0.25) is 0 Å². The molecule has 0 radical (unpaired) electrons. The molecule has 17 heavy (non-hydrogen) atoms. The SMILES string of the molecule is CCCC1=CN(C)C(=O)NC1c1ccccc1. The third-order valence-electron chi connectivity index (χ3n) is 2.99. The Bertz CT molecular complexity index is 425. The van der Waals surface area contributed by atoms with E-state index in [0.29, 0.717) is 0 Å². The number of amides is 2. The molecule has 1 N–H and O–H groups in total. The number of nitrogens with one attached hydrogen (secondary N) is 1. The minimum absolute atomic E-state index is 0.0276. The maximum atomic E-state index is 11.7. The van der Waals surface area contributed by atoms with E-state index in [1.807, 2.05) is 24.4 Å². The standard InChI is InChI=1S/C14H18N2O/c1-3-7-12-10-16(2)14(17)15-13(12)11-8-5-4-6-9-11/h4-6,8-10,13H,3,7H2,1-2H3,(H,15,17). The second-order valence-corrected chi connectivity index (χ2v) is 4.36. The smallest absolute Gasteiger partial charge is 0.321 e. The van der Waals surface area contributed by atoms with Gasteiger partial charge in [0.2, 0.25) is 0 Å². The molecule has 0 bridgehead atoms. The predicted octanol–water partition coefficient (Wildman–Crippen LogP) is 3.07. The van der Waals surface area contributed by atoms with Gasteiger partial charge in [-0.15, -0.1) is 0 Å². The quantitative estimate of drug-likeness (QED) is 0.850. The van der Waals surface area contributed by atoms with Crippen LogP contribution >= 0.6 is 0 Å². The van der Waals surface area contributed by atoms with Crippen LogP contribution in [0.1, 0.15) is 31.4 Å². The second kappa shape index (κ2) is 5.04. The molecule has 1 aliphatic heterocycles. The van der Waals surface area contributed by atoms with E-state index in [-0.39, 0.29) is 12.1 Å². The Kier molecular flexibility index (Phi) is 3.47. The number of nitrogens with zero attached hydrogens (tertiary/aromatic N) is 1. The Morgan fingerprint density at radius 2 is 2.00 bits per heavy atom. The molecule has 0 saturated carbocycles. The molecule has 3 nitrogen and oxygen atoms in total. The molecule has 0 aromatic heterocycles. The van der Waals surface area contributed by atoms with Gasteiger partial charge in [0.05, 0.1) is 6.04 Å². The van der Waals surface area contributed by atoms with E-state index in [0.717, 1.165) is 18.4 Å². The topological polar surface area (TPSA) is 32.3 Å². The first-order valence-corrected chi connectivity index (χ1v) is 6.01. The molecule has 1 aromatic rings. The first kappa shape index (κ1) is 11.7. The number of hydrogen-bond donors (Lipinski definition) is 1. The summed E-state index contributed by atoms with van der Waals surface area (Å²) in [6, 6.07) is 10.1. The van der Waals surface area contributed by atoms with Crippen LogP contribution in [-0.2, 0) is 0 Å². The number of hydrogen-bond acceptors (Lipinski definition) is 1.